The molecule has 0 unspecified atom stereocenters. The van der Waals surface area contributed by atoms with Crippen LogP contribution in [-0.2, 0) is 0 Å². The lowest BCUT2D eigenvalue weighted by Crippen LogP contribution is -2.03. The Balaban J connectivity index is 4.25. The van der Waals surface area contributed by atoms with Crippen LogP contribution in [0, 0.1) is 0 Å². The summed E-state index contributed by atoms with van der Waals surface area (Å²) in [5.74, 6) is 0.422. The highest BCUT2D eigenvalue weighted by Gasteiger charge is 1.86. The van der Waals surface area contributed by atoms with E-state index >= 15 is 0 Å². The van der Waals surface area contributed by atoms with Crippen molar-refractivity contribution in [2.45, 2.75) is 13.8 Å². The topological polar surface area (TPSA) is 50.7 Å². The molecule has 0 bridgehead atoms. The standard InChI is InChI=1S/C6H9Cl2N3/c1-4(7)11-6(8)3-10-5(2)9/h3H,1-2H3,(H2,9,10). The molecule has 0 saturated carbocycles. The summed E-state index contributed by atoms with van der Waals surface area (Å²) in [6.07, 6.45) is 1.34. The van der Waals surface area contributed by atoms with Crippen LogP contribution in [0.25, 0.3) is 0 Å². The lowest BCUT2D eigenvalue weighted by molar-refractivity contribution is 1.39. The average molecular weight is 194 g/mol. The van der Waals surface area contributed by atoms with Crippen LogP contribution >= 0.6 is 23.2 Å². The summed E-state index contributed by atoms with van der Waals surface area (Å²) >= 11 is 11.0. The number of aliphatic imine (C=N–C) groups is 2. The highest BCUT2D eigenvalue weighted by Crippen LogP contribution is 2.04. The monoisotopic (exact) mass is 193 g/mol. The van der Waals surface area contributed by atoms with E-state index in [1.165, 1.54) is 6.20 Å². The predicted molar refractivity (Wildman–Crippen MR) is 50.2 cm³/mol. The summed E-state index contributed by atoms with van der Waals surface area (Å²) < 4.78 is 0. The highest BCUT2D eigenvalue weighted by molar-refractivity contribution is 6.65. The molecule has 0 amide bonds. The number of halogens is 2. The van der Waals surface area contributed by atoms with Gasteiger partial charge in [0.25, 0.3) is 0 Å². The molecule has 0 spiro atoms. The molecular weight excluding hydrogens is 185 g/mol. The molecule has 0 radical (unpaired) electrons. The first-order valence-corrected chi connectivity index (χ1v) is 3.64. The van der Waals surface area contributed by atoms with Gasteiger partial charge in [0.2, 0.25) is 0 Å². The van der Waals surface area contributed by atoms with Crippen molar-refractivity contribution in [3.63, 3.8) is 0 Å². The fraction of sp³-hybridized carbons (Fsp3) is 0.333. The largest absolute Gasteiger partial charge is 0.387 e. The molecule has 0 rings (SSSR count). The number of amidine groups is 1. The molecule has 0 aliphatic carbocycles. The van der Waals surface area contributed by atoms with Crippen molar-refractivity contribution in [2.24, 2.45) is 15.7 Å². The minimum Gasteiger partial charge on any atom is -0.387 e. The molecule has 0 aromatic carbocycles. The third-order valence-corrected chi connectivity index (χ3v) is 0.902. The third-order valence-electron chi connectivity index (χ3n) is 0.636. The molecule has 0 aliphatic rings. The van der Waals surface area contributed by atoms with Crippen LogP contribution in [0.5, 0.6) is 0 Å². The molecule has 2 N–H and O–H groups in total. The molecule has 0 atom stereocenters. The molecule has 3 nitrogen and oxygen atoms in total. The van der Waals surface area contributed by atoms with E-state index in [1.807, 2.05) is 0 Å². The van der Waals surface area contributed by atoms with Gasteiger partial charge in [0.1, 0.15) is 10.3 Å². The van der Waals surface area contributed by atoms with E-state index < -0.39 is 0 Å². The van der Waals surface area contributed by atoms with E-state index in [2.05, 4.69) is 9.98 Å². The third kappa shape index (κ3) is 7.36. The Labute approximate surface area is 75.6 Å². The Morgan fingerprint density at radius 1 is 1.36 bits per heavy atom. The molecule has 0 heterocycles. The molecule has 0 aromatic heterocycles. The van der Waals surface area contributed by atoms with E-state index in [-0.39, 0.29) is 5.16 Å². The zero-order chi connectivity index (χ0) is 8.85. The second kappa shape index (κ2) is 5.16. The van der Waals surface area contributed by atoms with Crippen LogP contribution in [-0.4, -0.2) is 11.0 Å². The van der Waals surface area contributed by atoms with Crippen LogP contribution < -0.4 is 5.73 Å². The van der Waals surface area contributed by atoms with E-state index in [4.69, 9.17) is 28.9 Å². The van der Waals surface area contributed by atoms with Gasteiger partial charge < -0.3 is 5.73 Å². The zero-order valence-electron chi connectivity index (χ0n) is 6.31. The van der Waals surface area contributed by atoms with Crippen molar-refractivity contribution in [3.8, 4) is 0 Å². The maximum absolute atomic E-state index is 5.55. The summed E-state index contributed by atoms with van der Waals surface area (Å²) in [5, 5.41) is 0.568. The van der Waals surface area contributed by atoms with Crippen molar-refractivity contribution >= 4 is 34.2 Å². The van der Waals surface area contributed by atoms with Gasteiger partial charge in [-0.3, -0.25) is 0 Å². The Kier molecular flexibility index (Phi) is 4.90. The minimum atomic E-state index is 0.210. The van der Waals surface area contributed by atoms with Gasteiger partial charge in [-0.1, -0.05) is 23.2 Å². The van der Waals surface area contributed by atoms with E-state index in [9.17, 15) is 0 Å². The Bertz CT molecular complexity index is 210. The fourth-order valence-electron chi connectivity index (χ4n) is 0.331. The van der Waals surface area contributed by atoms with Crippen LogP contribution in [0.3, 0.4) is 0 Å². The van der Waals surface area contributed by atoms with Gasteiger partial charge in [-0.2, -0.15) is 0 Å². The molecule has 11 heavy (non-hydrogen) atoms. The van der Waals surface area contributed by atoms with Gasteiger partial charge in [-0.25, -0.2) is 9.98 Å². The summed E-state index contributed by atoms with van der Waals surface area (Å²) in [7, 11) is 0. The molecule has 0 aromatic rings. The number of hydrogen-bond acceptors (Lipinski definition) is 2. The maximum atomic E-state index is 5.55. The van der Waals surface area contributed by atoms with E-state index in [1.54, 1.807) is 13.8 Å². The number of nitrogens with two attached hydrogens (primary N) is 1. The first kappa shape index (κ1) is 10.5. The van der Waals surface area contributed by atoms with Gasteiger partial charge in [0.15, 0.2) is 0 Å². The number of rotatable bonds is 2. The maximum Gasteiger partial charge on any atom is 0.148 e. The van der Waals surface area contributed by atoms with Gasteiger partial charge in [0, 0.05) is 0 Å². The van der Waals surface area contributed by atoms with Crippen LogP contribution in [0.15, 0.2) is 21.3 Å². The van der Waals surface area contributed by atoms with Gasteiger partial charge in [0.05, 0.1) is 12.0 Å². The van der Waals surface area contributed by atoms with Crippen molar-refractivity contribution in [1.29, 1.82) is 0 Å². The smallest absolute Gasteiger partial charge is 0.148 e. The summed E-state index contributed by atoms with van der Waals surface area (Å²) in [4.78, 5) is 7.41. The van der Waals surface area contributed by atoms with Gasteiger partial charge >= 0.3 is 0 Å². The van der Waals surface area contributed by atoms with Crippen molar-refractivity contribution in [2.75, 3.05) is 0 Å². The van der Waals surface area contributed by atoms with Crippen molar-refractivity contribution in [1.82, 2.24) is 0 Å². The zero-order valence-corrected chi connectivity index (χ0v) is 7.82. The van der Waals surface area contributed by atoms with Crippen molar-refractivity contribution in [3.05, 3.63) is 11.4 Å². The first-order chi connectivity index (χ1) is 5.02. The molecule has 0 fully saturated rings. The summed E-state index contributed by atoms with van der Waals surface area (Å²) in [6.45, 7) is 3.27. The summed E-state index contributed by atoms with van der Waals surface area (Å²) in [6, 6.07) is 0. The second-order valence-corrected chi connectivity index (χ2v) is 2.77. The van der Waals surface area contributed by atoms with E-state index in [0.717, 1.165) is 0 Å². The van der Waals surface area contributed by atoms with Gasteiger partial charge in [-0.15, -0.1) is 0 Å². The second-order valence-electron chi connectivity index (χ2n) is 1.83. The minimum absolute atomic E-state index is 0.210. The highest BCUT2D eigenvalue weighted by atomic mass is 35.5. The molecule has 0 aliphatic heterocycles. The molecule has 5 heteroatoms. The quantitative estimate of drug-likeness (QED) is 0.408. The first-order valence-electron chi connectivity index (χ1n) is 2.88. The normalized spacial score (nSPS) is 15.5. The molecular formula is C6H9Cl2N3. The Hall–Kier alpha value is -0.540. The average Bonchev–Trinajstić information content (AvgIpc) is 1.82. The van der Waals surface area contributed by atoms with Crippen molar-refractivity contribution < 1.29 is 0 Å². The van der Waals surface area contributed by atoms with E-state index in [0.29, 0.717) is 11.0 Å². The Morgan fingerprint density at radius 3 is 2.27 bits per heavy atom. The lowest BCUT2D eigenvalue weighted by Gasteiger charge is -1.87. The Morgan fingerprint density at radius 2 is 1.91 bits per heavy atom. The summed E-state index contributed by atoms with van der Waals surface area (Å²) in [5.41, 5.74) is 5.24. The molecule has 0 saturated heterocycles. The lowest BCUT2D eigenvalue weighted by atomic mass is 10.7. The van der Waals surface area contributed by atoms with Gasteiger partial charge in [-0.05, 0) is 13.8 Å². The number of hydrogen-bond donors (Lipinski definition) is 1. The van der Waals surface area contributed by atoms with Crippen LogP contribution in [0.2, 0.25) is 0 Å². The predicted octanol–water partition coefficient (Wildman–Crippen LogP) is 2.06. The SMILES string of the molecule is CC(N)=NC=C(Cl)N=C(C)Cl. The fourth-order valence-corrected chi connectivity index (χ4v) is 0.641. The number of nitrogens with zero attached hydrogens (tertiary/aromatic N) is 2. The van der Waals surface area contributed by atoms with Crippen LogP contribution in [0.4, 0.5) is 0 Å². The van der Waals surface area contributed by atoms with Crippen LogP contribution in [0.1, 0.15) is 13.8 Å². The molecule has 62 valence electrons.